The molecule has 0 bridgehead atoms. The van der Waals surface area contributed by atoms with Crippen molar-refractivity contribution < 1.29 is 24.2 Å². The van der Waals surface area contributed by atoms with Crippen molar-refractivity contribution >= 4 is 41.4 Å². The van der Waals surface area contributed by atoms with Crippen molar-refractivity contribution in [2.45, 2.75) is 35.4 Å². The van der Waals surface area contributed by atoms with Crippen molar-refractivity contribution in [3.05, 3.63) is 35.9 Å². The number of rotatable bonds is 8. The summed E-state index contributed by atoms with van der Waals surface area (Å²) >= 11 is 3.49. The van der Waals surface area contributed by atoms with E-state index in [4.69, 9.17) is 4.74 Å². The first kappa shape index (κ1) is 22.0. The van der Waals surface area contributed by atoms with Crippen molar-refractivity contribution in [1.82, 2.24) is 10.2 Å². The Labute approximate surface area is 178 Å². The van der Waals surface area contributed by atoms with Crippen LogP contribution in [0, 0.1) is 0 Å². The maximum Gasteiger partial charge on any atom is 0.326 e. The van der Waals surface area contributed by atoms with Gasteiger partial charge in [-0.15, -0.1) is 23.5 Å². The van der Waals surface area contributed by atoms with E-state index < -0.39 is 24.0 Å². The van der Waals surface area contributed by atoms with E-state index in [0.29, 0.717) is 25.8 Å². The Hall–Kier alpha value is -1.71. The highest BCUT2D eigenvalue weighted by atomic mass is 32.2. The standard InChI is InChI=1S/C20H26N2O5S2/c1-27-19(26)15(8-7-14-5-3-2-4-6-14)21-12-17(23)22-13-20(28-9-10-29-20)11-16(22)18(24)25/h2-6,15-16,21H,7-13H2,1H3,(H,24,25). The normalized spacial score (nSPS) is 21.3. The minimum Gasteiger partial charge on any atom is -0.480 e. The summed E-state index contributed by atoms with van der Waals surface area (Å²) in [6.45, 7) is 0.330. The van der Waals surface area contributed by atoms with Gasteiger partial charge < -0.3 is 14.7 Å². The molecule has 1 aromatic carbocycles. The quantitative estimate of drug-likeness (QED) is 0.591. The molecule has 29 heavy (non-hydrogen) atoms. The molecule has 0 aromatic heterocycles. The topological polar surface area (TPSA) is 95.9 Å². The molecule has 2 N–H and O–H groups in total. The summed E-state index contributed by atoms with van der Waals surface area (Å²) in [5, 5.41) is 12.6. The van der Waals surface area contributed by atoms with E-state index in [2.05, 4.69) is 5.32 Å². The summed E-state index contributed by atoms with van der Waals surface area (Å²) in [5.41, 5.74) is 1.09. The predicted octanol–water partition coefficient (Wildman–Crippen LogP) is 1.61. The third-order valence-electron chi connectivity index (χ3n) is 5.26. The lowest BCUT2D eigenvalue weighted by atomic mass is 10.1. The molecule has 7 nitrogen and oxygen atoms in total. The van der Waals surface area contributed by atoms with Gasteiger partial charge in [-0.25, -0.2) is 4.79 Å². The minimum atomic E-state index is -0.975. The molecular formula is C20H26N2O5S2. The van der Waals surface area contributed by atoms with Gasteiger partial charge in [-0.05, 0) is 18.4 Å². The Morgan fingerprint density at radius 2 is 1.97 bits per heavy atom. The number of carboxylic acid groups (broad SMARTS) is 1. The van der Waals surface area contributed by atoms with Gasteiger partial charge in [-0.1, -0.05) is 30.3 Å². The number of esters is 1. The number of methoxy groups -OCH3 is 1. The first-order valence-electron chi connectivity index (χ1n) is 9.59. The predicted molar refractivity (Wildman–Crippen MR) is 114 cm³/mol. The van der Waals surface area contributed by atoms with Crippen molar-refractivity contribution in [1.29, 1.82) is 0 Å². The second-order valence-corrected chi connectivity index (χ2v) is 10.4. The molecule has 3 rings (SSSR count). The van der Waals surface area contributed by atoms with Crippen molar-refractivity contribution in [2.75, 3.05) is 31.7 Å². The number of carbonyl (C=O) groups is 3. The van der Waals surface area contributed by atoms with E-state index in [0.717, 1.165) is 17.1 Å². The van der Waals surface area contributed by atoms with E-state index in [-0.39, 0.29) is 16.5 Å². The maximum absolute atomic E-state index is 12.8. The lowest BCUT2D eigenvalue weighted by Crippen LogP contribution is -2.48. The molecule has 2 fully saturated rings. The maximum atomic E-state index is 12.8. The zero-order chi connectivity index (χ0) is 20.9. The monoisotopic (exact) mass is 438 g/mol. The summed E-state index contributed by atoms with van der Waals surface area (Å²) < 4.78 is 4.65. The zero-order valence-electron chi connectivity index (χ0n) is 16.3. The number of amides is 1. The third kappa shape index (κ3) is 5.46. The molecule has 2 atom stereocenters. The molecule has 158 valence electrons. The van der Waals surface area contributed by atoms with Gasteiger partial charge in [-0.2, -0.15) is 0 Å². The van der Waals surface area contributed by atoms with E-state index >= 15 is 0 Å². The summed E-state index contributed by atoms with van der Waals surface area (Å²) in [5.74, 6) is 0.249. The number of ether oxygens (including phenoxy) is 1. The number of aliphatic carboxylic acids is 1. The van der Waals surface area contributed by atoms with Gasteiger partial charge >= 0.3 is 11.9 Å². The van der Waals surface area contributed by atoms with Crippen LogP contribution in [0.15, 0.2) is 30.3 Å². The summed E-state index contributed by atoms with van der Waals surface area (Å²) in [7, 11) is 1.32. The van der Waals surface area contributed by atoms with E-state index in [1.54, 1.807) is 23.5 Å². The van der Waals surface area contributed by atoms with Crippen LogP contribution in [0.2, 0.25) is 0 Å². The average molecular weight is 439 g/mol. The molecular weight excluding hydrogens is 412 g/mol. The lowest BCUT2D eigenvalue weighted by molar-refractivity contribution is -0.148. The SMILES string of the molecule is COC(=O)C(CCc1ccccc1)NCC(=O)N1CC2(CC1C(=O)O)SCCS2. The number of hydrogen-bond donors (Lipinski definition) is 2. The summed E-state index contributed by atoms with van der Waals surface area (Å²) in [6, 6.07) is 8.33. The number of carboxylic acids is 1. The van der Waals surface area contributed by atoms with Crippen molar-refractivity contribution in [3.8, 4) is 0 Å². The zero-order valence-corrected chi connectivity index (χ0v) is 18.0. The summed E-state index contributed by atoms with van der Waals surface area (Å²) in [4.78, 5) is 38.1. The van der Waals surface area contributed by atoms with Gasteiger partial charge in [-0.3, -0.25) is 14.9 Å². The van der Waals surface area contributed by atoms with Crippen molar-refractivity contribution in [2.24, 2.45) is 0 Å². The second-order valence-electron chi connectivity index (χ2n) is 7.17. The van der Waals surface area contributed by atoms with Crippen LogP contribution in [0.5, 0.6) is 0 Å². The molecule has 2 aliphatic heterocycles. The average Bonchev–Trinajstić information content (AvgIpc) is 3.35. The van der Waals surface area contributed by atoms with Crippen molar-refractivity contribution in [3.63, 3.8) is 0 Å². The first-order valence-corrected chi connectivity index (χ1v) is 11.6. The lowest BCUT2D eigenvalue weighted by Gasteiger charge is -2.24. The fourth-order valence-electron chi connectivity index (χ4n) is 3.74. The Morgan fingerprint density at radius 3 is 2.59 bits per heavy atom. The molecule has 2 aliphatic rings. The van der Waals surface area contributed by atoms with Crippen LogP contribution in [0.25, 0.3) is 0 Å². The van der Waals surface area contributed by atoms with Crippen LogP contribution >= 0.6 is 23.5 Å². The molecule has 0 saturated carbocycles. The number of carbonyl (C=O) groups excluding carboxylic acids is 2. The smallest absolute Gasteiger partial charge is 0.326 e. The highest BCUT2D eigenvalue weighted by molar-refractivity contribution is 8.21. The number of benzene rings is 1. The van der Waals surface area contributed by atoms with Crippen LogP contribution < -0.4 is 5.32 Å². The van der Waals surface area contributed by atoms with Crippen LogP contribution in [0.4, 0.5) is 0 Å². The van der Waals surface area contributed by atoms with Crippen LogP contribution in [-0.4, -0.2) is 75.7 Å². The molecule has 2 heterocycles. The molecule has 9 heteroatoms. The van der Waals surface area contributed by atoms with Gasteiger partial charge in [0.2, 0.25) is 5.91 Å². The Bertz CT molecular complexity index is 740. The number of aryl methyl sites for hydroxylation is 1. The highest BCUT2D eigenvalue weighted by Crippen LogP contribution is 2.51. The number of thioether (sulfide) groups is 2. The summed E-state index contributed by atoms with van der Waals surface area (Å²) in [6.07, 6.45) is 1.61. The fourth-order valence-corrected chi connectivity index (χ4v) is 7.00. The van der Waals surface area contributed by atoms with Gasteiger partial charge in [0, 0.05) is 24.5 Å². The second kappa shape index (κ2) is 9.86. The molecule has 2 saturated heterocycles. The first-order chi connectivity index (χ1) is 13.9. The Balaban J connectivity index is 1.59. The van der Waals surface area contributed by atoms with Crippen LogP contribution in [-0.2, 0) is 25.5 Å². The number of hydrogen-bond acceptors (Lipinski definition) is 7. The number of likely N-dealkylation sites (tertiary alicyclic amines) is 1. The van der Waals surface area contributed by atoms with Gasteiger partial charge in [0.1, 0.15) is 12.1 Å². The van der Waals surface area contributed by atoms with Crippen LogP contribution in [0.1, 0.15) is 18.4 Å². The minimum absolute atomic E-state index is 0.0935. The Kier molecular flexibility index (Phi) is 7.48. The van der Waals surface area contributed by atoms with Crippen LogP contribution in [0.3, 0.4) is 0 Å². The molecule has 0 aliphatic carbocycles. The van der Waals surface area contributed by atoms with Gasteiger partial charge in [0.25, 0.3) is 0 Å². The van der Waals surface area contributed by atoms with E-state index in [9.17, 15) is 19.5 Å². The van der Waals surface area contributed by atoms with E-state index in [1.807, 2.05) is 30.3 Å². The molecule has 0 radical (unpaired) electrons. The molecule has 2 unspecified atom stereocenters. The number of nitrogens with zero attached hydrogens (tertiary/aromatic N) is 1. The molecule has 1 amide bonds. The van der Waals surface area contributed by atoms with Gasteiger partial charge in [0.05, 0.1) is 17.7 Å². The Morgan fingerprint density at radius 1 is 1.28 bits per heavy atom. The largest absolute Gasteiger partial charge is 0.480 e. The fraction of sp³-hybridized carbons (Fsp3) is 0.550. The third-order valence-corrected chi connectivity index (χ3v) is 8.69. The van der Waals surface area contributed by atoms with E-state index in [1.165, 1.54) is 12.0 Å². The molecule has 1 aromatic rings. The highest BCUT2D eigenvalue weighted by Gasteiger charge is 2.51. The molecule has 1 spiro atoms. The number of nitrogens with one attached hydrogen (secondary N) is 1. The van der Waals surface area contributed by atoms with Gasteiger partial charge in [0.15, 0.2) is 0 Å².